The molecular formula is C51H91NO22. The molecule has 0 aliphatic heterocycles. The predicted octanol–water partition coefficient (Wildman–Crippen LogP) is 7.32. The number of hydrogen-bond donors (Lipinski definition) is 11. The highest BCUT2D eigenvalue weighted by atomic mass is 16.4. The van der Waals surface area contributed by atoms with Gasteiger partial charge in [-0.25, -0.2) is 0 Å². The molecule has 432 valence electrons. The first-order valence-corrected chi connectivity index (χ1v) is 23.6. The summed E-state index contributed by atoms with van der Waals surface area (Å²) in [5.74, 6) is -8.38. The predicted molar refractivity (Wildman–Crippen MR) is 274 cm³/mol. The van der Waals surface area contributed by atoms with Crippen LogP contribution in [-0.4, -0.2) is 131 Å². The van der Waals surface area contributed by atoms with E-state index in [1.807, 2.05) is 71.9 Å². The molecule has 11 N–H and O–H groups in total. The number of aliphatic hydroxyl groups excluding tert-OH is 1. The molecule has 74 heavy (non-hydrogen) atoms. The summed E-state index contributed by atoms with van der Waals surface area (Å²) in [6.07, 6.45) is 3.28. The van der Waals surface area contributed by atoms with Crippen molar-refractivity contribution in [1.29, 1.82) is 0 Å². The third-order valence-corrected chi connectivity index (χ3v) is 9.24. The number of amides is 1. The minimum atomic E-state index is -0.956. The quantitative estimate of drug-likeness (QED) is 0.0569. The van der Waals surface area contributed by atoms with E-state index < -0.39 is 65.6 Å². The Balaban J connectivity index is -0.0000000921. The summed E-state index contributed by atoms with van der Waals surface area (Å²) in [5, 5.41) is 84.3. The second-order valence-electron chi connectivity index (χ2n) is 17.7. The van der Waals surface area contributed by atoms with Gasteiger partial charge in [-0.1, -0.05) is 148 Å². The number of benzene rings is 1. The zero-order valence-corrected chi connectivity index (χ0v) is 46.4. The van der Waals surface area contributed by atoms with E-state index in [2.05, 4.69) is 5.32 Å². The minimum Gasteiger partial charge on any atom is -0.481 e. The van der Waals surface area contributed by atoms with E-state index in [9.17, 15) is 47.9 Å². The first-order valence-electron chi connectivity index (χ1n) is 23.6. The molecule has 23 heteroatoms. The van der Waals surface area contributed by atoms with E-state index in [-0.39, 0.29) is 67.1 Å². The lowest BCUT2D eigenvalue weighted by molar-refractivity contribution is -0.192. The first-order chi connectivity index (χ1) is 33.7. The van der Waals surface area contributed by atoms with Crippen LogP contribution in [0.2, 0.25) is 0 Å². The Labute approximate surface area is 436 Å². The van der Waals surface area contributed by atoms with Gasteiger partial charge in [0.2, 0.25) is 6.41 Å². The van der Waals surface area contributed by atoms with Gasteiger partial charge in [0.15, 0.2) is 0 Å². The van der Waals surface area contributed by atoms with Crippen molar-refractivity contribution in [1.82, 2.24) is 5.32 Å². The van der Waals surface area contributed by atoms with Crippen molar-refractivity contribution in [2.45, 2.75) is 143 Å². The molecule has 0 aliphatic carbocycles. The topological polar surface area (TPSA) is 419 Å². The molecule has 0 bridgehead atoms. The molecule has 0 aromatic heterocycles. The van der Waals surface area contributed by atoms with Crippen molar-refractivity contribution in [2.75, 3.05) is 13.2 Å². The molecule has 1 aromatic carbocycles. The fourth-order valence-corrected chi connectivity index (χ4v) is 3.14. The Kier molecular flexibility index (Phi) is 67.2. The third-order valence-electron chi connectivity index (χ3n) is 9.24. The summed E-state index contributed by atoms with van der Waals surface area (Å²) in [7, 11) is 0. The molecule has 0 fully saturated rings. The maximum absolute atomic E-state index is 10.5. The summed E-state index contributed by atoms with van der Waals surface area (Å²) in [4.78, 5) is 116. The van der Waals surface area contributed by atoms with Crippen LogP contribution in [0.25, 0.3) is 0 Å². The molecule has 7 unspecified atom stereocenters. The van der Waals surface area contributed by atoms with Crippen molar-refractivity contribution in [3.63, 3.8) is 0 Å². The standard InChI is InChI=1S/C10H12O2.2C7H14O2.C6H12O2.C5H9NO3.C4H8O3.2C4H8O2.C3H6O2.CO2/c1-8(10(11)12)7-9-5-3-2-4-6-9;1-5(2)4-6(3)7(8)9;1-4-5(2)6(3)7(8)9;1-4(2)5(3)6(7)8;1-4(5(8)9)2-6-3-7;1-3(2-5)4(6)7;2*1-3(2)4(5)6;1-2-3(4)5;2-1-3/h2-6,8H,7H2,1H3,(H,11,12);2*5-6H,4H2,1-3H3,(H,8,9);4-5H,1-3H3,(H,7,8);3-4H,2H2,1H3,(H,6,7)(H,8,9);3,5H,2H2,1H3,(H,6,7);2*3H,1-2H3,(H,5,6);2H2,1H3,(H,4,5);. The zero-order chi connectivity index (χ0) is 61.0. The lowest BCUT2D eigenvalue weighted by Gasteiger charge is -2.11. The van der Waals surface area contributed by atoms with E-state index >= 15 is 0 Å². The van der Waals surface area contributed by atoms with Crippen molar-refractivity contribution in [3.05, 3.63) is 35.9 Å². The molecule has 0 aliphatic rings. The van der Waals surface area contributed by atoms with Crippen molar-refractivity contribution in [3.8, 4) is 0 Å². The number of nitrogens with one attached hydrogen (secondary N) is 1. The van der Waals surface area contributed by atoms with Gasteiger partial charge in [0.1, 0.15) is 0 Å². The summed E-state index contributed by atoms with van der Waals surface area (Å²) >= 11 is 0. The summed E-state index contributed by atoms with van der Waals surface area (Å²) in [6.45, 7) is 29.8. The number of carbonyl (C=O) groups excluding carboxylic acids is 3. The highest BCUT2D eigenvalue weighted by Gasteiger charge is 2.17. The Bertz CT molecular complexity index is 1660. The molecule has 1 rings (SSSR count). The number of hydrogen-bond acceptors (Lipinski definition) is 13. The van der Waals surface area contributed by atoms with Crippen molar-refractivity contribution < 1.29 is 109 Å². The van der Waals surface area contributed by atoms with Gasteiger partial charge in [0.25, 0.3) is 0 Å². The molecule has 1 aromatic rings. The number of carboxylic acids is 9. The lowest BCUT2D eigenvalue weighted by atomic mass is 9.94. The second-order valence-corrected chi connectivity index (χ2v) is 17.7. The highest BCUT2D eigenvalue weighted by molar-refractivity contribution is 5.72. The molecular weight excluding hydrogens is 979 g/mol. The third kappa shape index (κ3) is 76.7. The molecule has 23 nitrogen and oxygen atoms in total. The second kappa shape index (κ2) is 57.2. The molecule has 1 amide bonds. The first kappa shape index (κ1) is 87.0. The summed E-state index contributed by atoms with van der Waals surface area (Å²) in [5.41, 5.74) is 1.08. The van der Waals surface area contributed by atoms with Gasteiger partial charge in [-0.15, -0.1) is 0 Å². The Morgan fingerprint density at radius 1 is 0.514 bits per heavy atom. The zero-order valence-electron chi connectivity index (χ0n) is 46.4. The minimum absolute atomic E-state index is 0.190. The van der Waals surface area contributed by atoms with Gasteiger partial charge >= 0.3 is 59.9 Å². The smallest absolute Gasteiger partial charge is 0.373 e. The summed E-state index contributed by atoms with van der Waals surface area (Å²) in [6, 6.07) is 9.65. The summed E-state index contributed by atoms with van der Waals surface area (Å²) < 4.78 is 0. The fraction of sp³-hybridized carbons (Fsp3) is 0.667. The molecule has 0 radical (unpaired) electrons. The van der Waals surface area contributed by atoms with Gasteiger partial charge in [0.05, 0.1) is 54.0 Å². The van der Waals surface area contributed by atoms with Crippen LogP contribution in [0.1, 0.15) is 143 Å². The number of aliphatic carboxylic acids is 9. The average molecular weight is 1070 g/mol. The van der Waals surface area contributed by atoms with Crippen LogP contribution in [0.4, 0.5) is 0 Å². The van der Waals surface area contributed by atoms with Crippen LogP contribution >= 0.6 is 0 Å². The van der Waals surface area contributed by atoms with E-state index in [1.54, 1.807) is 62.3 Å². The molecule has 7 atom stereocenters. The molecule has 0 saturated heterocycles. The van der Waals surface area contributed by atoms with E-state index in [4.69, 9.17) is 60.7 Å². The van der Waals surface area contributed by atoms with Crippen LogP contribution in [0.5, 0.6) is 0 Å². The normalized spacial score (nSPS) is 12.1. The number of carboxylic acid groups (broad SMARTS) is 9. The molecule has 0 saturated carbocycles. The van der Waals surface area contributed by atoms with E-state index in [0.29, 0.717) is 24.7 Å². The van der Waals surface area contributed by atoms with Gasteiger partial charge in [-0.05, 0) is 43.1 Å². The Morgan fingerprint density at radius 3 is 0.986 bits per heavy atom. The van der Waals surface area contributed by atoms with Crippen LogP contribution < -0.4 is 5.32 Å². The number of aliphatic hydroxyl groups is 1. The Morgan fingerprint density at radius 2 is 0.838 bits per heavy atom. The van der Waals surface area contributed by atoms with Crippen LogP contribution in [0, 0.1) is 65.1 Å². The fourth-order valence-electron chi connectivity index (χ4n) is 3.14. The van der Waals surface area contributed by atoms with Crippen LogP contribution in [0.15, 0.2) is 30.3 Å². The van der Waals surface area contributed by atoms with E-state index in [0.717, 1.165) is 18.4 Å². The maximum atomic E-state index is 10.5. The highest BCUT2D eigenvalue weighted by Crippen LogP contribution is 2.14. The van der Waals surface area contributed by atoms with Crippen LogP contribution in [0.3, 0.4) is 0 Å². The largest absolute Gasteiger partial charge is 0.481 e. The number of carbonyl (C=O) groups is 10. The Hall–Kier alpha value is -6.74. The van der Waals surface area contributed by atoms with Crippen LogP contribution in [-0.2, 0) is 64.0 Å². The lowest BCUT2D eigenvalue weighted by Crippen LogP contribution is -2.24. The number of rotatable bonds is 20. The van der Waals surface area contributed by atoms with Gasteiger partial charge in [-0.2, -0.15) is 9.59 Å². The maximum Gasteiger partial charge on any atom is 0.373 e. The molecule has 0 heterocycles. The van der Waals surface area contributed by atoms with Gasteiger partial charge in [0, 0.05) is 13.0 Å². The van der Waals surface area contributed by atoms with Gasteiger partial charge < -0.3 is 56.4 Å². The van der Waals surface area contributed by atoms with Gasteiger partial charge in [-0.3, -0.25) is 47.9 Å². The monoisotopic (exact) mass is 1070 g/mol. The molecule has 0 spiro atoms. The SMILES string of the molecule is CC(C)C(=O)O.CC(C)C(=O)O.CC(C)C(C)C(=O)O.CC(C)CC(C)C(=O)O.CC(CNC=O)C(=O)O.CC(CO)C(=O)O.CC(Cc1ccccc1)C(=O)O.CCC(=O)O.CCC(C)C(C)C(=O)O.O=C=O. The van der Waals surface area contributed by atoms with E-state index in [1.165, 1.54) is 13.8 Å². The van der Waals surface area contributed by atoms with Crippen molar-refractivity contribution >= 4 is 66.3 Å². The average Bonchev–Trinajstić information content (AvgIpc) is 3.31. The van der Waals surface area contributed by atoms with Crippen molar-refractivity contribution in [2.24, 2.45) is 65.1 Å².